The SMILES string of the molecule is CCCn1c(=O)sc2cc(S(=O)(=O)N[C@H](C)c3ccc(C)c(C)c3)ccc21. The third-order valence-corrected chi connectivity index (χ3v) is 7.24. The van der Waals surface area contributed by atoms with E-state index in [4.69, 9.17) is 0 Å². The zero-order valence-electron chi connectivity index (χ0n) is 15.9. The van der Waals surface area contributed by atoms with E-state index in [0.29, 0.717) is 11.2 Å². The number of sulfonamides is 1. The van der Waals surface area contributed by atoms with E-state index in [1.165, 1.54) is 5.56 Å². The van der Waals surface area contributed by atoms with E-state index in [1.807, 2.05) is 45.9 Å². The van der Waals surface area contributed by atoms with Gasteiger partial charge in [0.25, 0.3) is 0 Å². The average Bonchev–Trinajstić information content (AvgIpc) is 2.92. The first-order valence-corrected chi connectivity index (χ1v) is 11.3. The molecule has 0 bridgehead atoms. The molecule has 0 unspecified atom stereocenters. The van der Waals surface area contributed by atoms with Gasteiger partial charge in [0.05, 0.1) is 15.1 Å². The highest BCUT2D eigenvalue weighted by atomic mass is 32.2. The van der Waals surface area contributed by atoms with Crippen molar-refractivity contribution >= 4 is 31.6 Å². The van der Waals surface area contributed by atoms with Gasteiger partial charge in [-0.3, -0.25) is 9.36 Å². The summed E-state index contributed by atoms with van der Waals surface area (Å²) in [5, 5.41) is 0. The number of aromatic nitrogens is 1. The molecule has 1 N–H and O–H groups in total. The largest absolute Gasteiger partial charge is 0.308 e. The Morgan fingerprint density at radius 2 is 1.85 bits per heavy atom. The van der Waals surface area contributed by atoms with Gasteiger partial charge >= 0.3 is 4.87 Å². The van der Waals surface area contributed by atoms with Crippen LogP contribution in [0, 0.1) is 13.8 Å². The van der Waals surface area contributed by atoms with Crippen molar-refractivity contribution in [2.75, 3.05) is 0 Å². The highest BCUT2D eigenvalue weighted by molar-refractivity contribution is 7.89. The highest BCUT2D eigenvalue weighted by Gasteiger charge is 2.20. The van der Waals surface area contributed by atoms with Crippen molar-refractivity contribution in [3.63, 3.8) is 0 Å². The second-order valence-electron chi connectivity index (χ2n) is 6.84. The minimum atomic E-state index is -3.69. The van der Waals surface area contributed by atoms with Crippen LogP contribution in [0.25, 0.3) is 10.2 Å². The van der Waals surface area contributed by atoms with Crippen molar-refractivity contribution in [1.82, 2.24) is 9.29 Å². The molecule has 3 aromatic rings. The van der Waals surface area contributed by atoms with E-state index in [1.54, 1.807) is 22.8 Å². The molecule has 0 saturated heterocycles. The minimum Gasteiger partial charge on any atom is -0.299 e. The summed E-state index contributed by atoms with van der Waals surface area (Å²) < 4.78 is 30.8. The maximum atomic E-state index is 12.8. The normalized spacial score (nSPS) is 13.2. The molecule has 27 heavy (non-hydrogen) atoms. The molecule has 0 aliphatic carbocycles. The fraction of sp³-hybridized carbons (Fsp3) is 0.350. The molecule has 0 radical (unpaired) electrons. The van der Waals surface area contributed by atoms with Crippen LogP contribution in [0.15, 0.2) is 46.1 Å². The molecule has 7 heteroatoms. The van der Waals surface area contributed by atoms with Gasteiger partial charge in [-0.15, -0.1) is 0 Å². The molecular formula is C20H24N2O3S2. The lowest BCUT2D eigenvalue weighted by Crippen LogP contribution is -2.27. The number of hydrogen-bond donors (Lipinski definition) is 1. The van der Waals surface area contributed by atoms with Gasteiger partial charge in [-0.05, 0) is 62.1 Å². The molecule has 0 fully saturated rings. The number of nitrogens with zero attached hydrogens (tertiary/aromatic N) is 1. The first-order valence-electron chi connectivity index (χ1n) is 8.96. The Labute approximate surface area is 163 Å². The number of benzene rings is 2. The Morgan fingerprint density at radius 1 is 1.11 bits per heavy atom. The Hall–Kier alpha value is -1.96. The summed E-state index contributed by atoms with van der Waals surface area (Å²) in [6, 6.07) is 10.5. The highest BCUT2D eigenvalue weighted by Crippen LogP contribution is 2.24. The lowest BCUT2D eigenvalue weighted by molar-refractivity contribution is 0.567. The summed E-state index contributed by atoms with van der Waals surface area (Å²) >= 11 is 1.08. The quantitative estimate of drug-likeness (QED) is 0.672. The Bertz CT molecular complexity index is 1140. The zero-order valence-corrected chi connectivity index (χ0v) is 17.6. The second kappa shape index (κ2) is 7.58. The second-order valence-corrected chi connectivity index (χ2v) is 9.54. The summed E-state index contributed by atoms with van der Waals surface area (Å²) in [6.45, 7) is 8.51. The molecule has 0 amide bonds. The molecule has 1 aromatic heterocycles. The molecule has 0 aliphatic heterocycles. The van der Waals surface area contributed by atoms with E-state index in [0.717, 1.165) is 34.4 Å². The van der Waals surface area contributed by atoms with E-state index < -0.39 is 10.0 Å². The number of nitrogens with one attached hydrogen (secondary N) is 1. The fourth-order valence-corrected chi connectivity index (χ4v) is 5.34. The van der Waals surface area contributed by atoms with Crippen LogP contribution in [-0.4, -0.2) is 13.0 Å². The predicted octanol–water partition coefficient (Wildman–Crippen LogP) is 4.13. The summed E-state index contributed by atoms with van der Waals surface area (Å²) in [4.78, 5) is 12.2. The van der Waals surface area contributed by atoms with Crippen LogP contribution in [0.1, 0.15) is 43.0 Å². The summed E-state index contributed by atoms with van der Waals surface area (Å²) in [7, 11) is -3.69. The molecule has 0 spiro atoms. The number of rotatable bonds is 6. The van der Waals surface area contributed by atoms with E-state index >= 15 is 0 Å². The van der Waals surface area contributed by atoms with Crippen molar-refractivity contribution in [2.45, 2.75) is 51.6 Å². The van der Waals surface area contributed by atoms with Gasteiger partial charge in [0.15, 0.2) is 0 Å². The van der Waals surface area contributed by atoms with Crippen LogP contribution in [0.3, 0.4) is 0 Å². The summed E-state index contributed by atoms with van der Waals surface area (Å²) in [5.74, 6) is 0. The molecule has 1 atom stereocenters. The summed E-state index contributed by atoms with van der Waals surface area (Å²) in [6.07, 6.45) is 0.848. The van der Waals surface area contributed by atoms with Crippen molar-refractivity contribution in [3.8, 4) is 0 Å². The fourth-order valence-electron chi connectivity index (χ4n) is 3.05. The Morgan fingerprint density at radius 3 is 2.52 bits per heavy atom. The topological polar surface area (TPSA) is 68.2 Å². The molecule has 0 saturated carbocycles. The van der Waals surface area contributed by atoms with Crippen LogP contribution in [0.5, 0.6) is 0 Å². The molecule has 2 aromatic carbocycles. The zero-order chi connectivity index (χ0) is 19.8. The monoisotopic (exact) mass is 404 g/mol. The lowest BCUT2D eigenvalue weighted by atomic mass is 10.0. The number of thiazole rings is 1. The third-order valence-electron chi connectivity index (χ3n) is 4.76. The molecule has 0 aliphatic rings. The molecule has 3 rings (SSSR count). The van der Waals surface area contributed by atoms with Crippen LogP contribution < -0.4 is 9.60 Å². The van der Waals surface area contributed by atoms with E-state index in [-0.39, 0.29) is 15.8 Å². The number of fused-ring (bicyclic) bond motifs is 1. The van der Waals surface area contributed by atoms with Gasteiger partial charge in [-0.25, -0.2) is 13.1 Å². The van der Waals surface area contributed by atoms with Gasteiger partial charge in [-0.1, -0.05) is 36.5 Å². The molecule has 144 valence electrons. The first-order chi connectivity index (χ1) is 12.7. The maximum Gasteiger partial charge on any atom is 0.308 e. The lowest BCUT2D eigenvalue weighted by Gasteiger charge is -2.16. The van der Waals surface area contributed by atoms with Crippen molar-refractivity contribution in [3.05, 3.63) is 62.8 Å². The standard InChI is InChI=1S/C20H24N2O3S2/c1-5-10-22-18-9-8-17(12-19(18)26-20(22)23)27(24,25)21-15(4)16-7-6-13(2)14(3)11-16/h6-9,11-12,15,21H,5,10H2,1-4H3/t15-/m1/s1. The number of aryl methyl sites for hydroxylation is 3. The van der Waals surface area contributed by atoms with E-state index in [9.17, 15) is 13.2 Å². The Kier molecular flexibility index (Phi) is 5.55. The van der Waals surface area contributed by atoms with Crippen molar-refractivity contribution < 1.29 is 8.42 Å². The third kappa shape index (κ3) is 4.00. The number of hydrogen-bond acceptors (Lipinski definition) is 4. The van der Waals surface area contributed by atoms with Crippen LogP contribution in [-0.2, 0) is 16.6 Å². The predicted molar refractivity (Wildman–Crippen MR) is 111 cm³/mol. The van der Waals surface area contributed by atoms with Crippen molar-refractivity contribution in [2.24, 2.45) is 0 Å². The molecular weight excluding hydrogens is 380 g/mol. The maximum absolute atomic E-state index is 12.8. The van der Waals surface area contributed by atoms with Gasteiger partial charge < -0.3 is 0 Å². The van der Waals surface area contributed by atoms with Crippen LogP contribution >= 0.6 is 11.3 Å². The molecule has 5 nitrogen and oxygen atoms in total. The van der Waals surface area contributed by atoms with Crippen LogP contribution in [0.2, 0.25) is 0 Å². The minimum absolute atomic E-state index is 0.0575. The smallest absolute Gasteiger partial charge is 0.299 e. The molecule has 1 heterocycles. The van der Waals surface area contributed by atoms with Crippen molar-refractivity contribution in [1.29, 1.82) is 0 Å². The van der Waals surface area contributed by atoms with Gasteiger partial charge in [0, 0.05) is 12.6 Å². The van der Waals surface area contributed by atoms with Crippen LogP contribution in [0.4, 0.5) is 0 Å². The Balaban J connectivity index is 1.92. The first kappa shape index (κ1) is 19.8. The van der Waals surface area contributed by atoms with Gasteiger partial charge in [-0.2, -0.15) is 0 Å². The average molecular weight is 405 g/mol. The van der Waals surface area contributed by atoms with Gasteiger partial charge in [0.2, 0.25) is 10.0 Å². The van der Waals surface area contributed by atoms with Gasteiger partial charge in [0.1, 0.15) is 0 Å². The van der Waals surface area contributed by atoms with E-state index in [2.05, 4.69) is 4.72 Å². The summed E-state index contributed by atoms with van der Waals surface area (Å²) in [5.41, 5.74) is 4.00.